The molecule has 1 saturated heterocycles. The first-order valence-electron chi connectivity index (χ1n) is 8.55. The molecule has 1 heterocycles. The summed E-state index contributed by atoms with van der Waals surface area (Å²) in [5, 5.41) is 6.27. The normalized spacial score (nSPS) is 14.9. The summed E-state index contributed by atoms with van der Waals surface area (Å²) in [6.07, 6.45) is 2.60. The van der Waals surface area contributed by atoms with Crippen LogP contribution in [0, 0.1) is 5.92 Å². The van der Waals surface area contributed by atoms with E-state index >= 15 is 0 Å². The second kappa shape index (κ2) is 9.93. The van der Waals surface area contributed by atoms with Gasteiger partial charge in [0.05, 0.1) is 6.61 Å². The van der Waals surface area contributed by atoms with Crippen molar-refractivity contribution in [3.05, 3.63) is 29.8 Å². The number of esters is 1. The molecule has 0 unspecified atom stereocenters. The number of hydrogen-bond donors (Lipinski definition) is 2. The van der Waals surface area contributed by atoms with Gasteiger partial charge in [-0.15, -0.1) is 0 Å². The fourth-order valence-electron chi connectivity index (χ4n) is 2.66. The summed E-state index contributed by atoms with van der Waals surface area (Å²) in [6.45, 7) is 4.50. The van der Waals surface area contributed by atoms with Crippen molar-refractivity contribution in [2.24, 2.45) is 5.92 Å². The number of piperidine rings is 1. The van der Waals surface area contributed by atoms with Gasteiger partial charge in [0.25, 0.3) is 0 Å². The molecule has 0 spiro atoms. The Kier molecular flexibility index (Phi) is 7.55. The summed E-state index contributed by atoms with van der Waals surface area (Å²) in [5.74, 6) is 0.559. The number of carbonyl (C=O) groups excluding carboxylic acids is 2. The molecule has 24 heavy (non-hydrogen) atoms. The second-order valence-electron chi connectivity index (χ2n) is 5.80. The van der Waals surface area contributed by atoms with Gasteiger partial charge in [-0.05, 0) is 57.0 Å². The molecule has 2 rings (SSSR count). The van der Waals surface area contributed by atoms with Crippen molar-refractivity contribution in [3.8, 4) is 5.75 Å². The predicted molar refractivity (Wildman–Crippen MR) is 90.9 cm³/mol. The third-order valence-electron chi connectivity index (χ3n) is 4.01. The molecule has 0 aromatic heterocycles. The van der Waals surface area contributed by atoms with Crippen molar-refractivity contribution in [1.29, 1.82) is 0 Å². The van der Waals surface area contributed by atoms with Crippen LogP contribution in [0.3, 0.4) is 0 Å². The van der Waals surface area contributed by atoms with Gasteiger partial charge in [-0.25, -0.2) is 4.79 Å². The Morgan fingerprint density at radius 1 is 1.21 bits per heavy atom. The van der Waals surface area contributed by atoms with Crippen molar-refractivity contribution >= 4 is 11.9 Å². The van der Waals surface area contributed by atoms with E-state index < -0.39 is 0 Å². The van der Waals surface area contributed by atoms with Gasteiger partial charge in [-0.1, -0.05) is 12.1 Å². The van der Waals surface area contributed by atoms with Gasteiger partial charge in [-0.2, -0.15) is 0 Å². The first-order valence-corrected chi connectivity index (χ1v) is 8.55. The van der Waals surface area contributed by atoms with Crippen LogP contribution in [0.2, 0.25) is 0 Å². The number of carbonyl (C=O) groups is 2. The average Bonchev–Trinajstić information content (AvgIpc) is 2.62. The van der Waals surface area contributed by atoms with Crippen molar-refractivity contribution in [3.63, 3.8) is 0 Å². The van der Waals surface area contributed by atoms with Crippen LogP contribution in [0.25, 0.3) is 0 Å². The first kappa shape index (κ1) is 18.3. The number of hydrogen-bond acceptors (Lipinski definition) is 5. The summed E-state index contributed by atoms with van der Waals surface area (Å²) in [5.41, 5.74) is 1.11. The molecular formula is C18H26N2O4. The van der Waals surface area contributed by atoms with E-state index in [0.717, 1.165) is 37.9 Å². The Balaban J connectivity index is 1.67. The zero-order valence-corrected chi connectivity index (χ0v) is 14.2. The Bertz CT molecular complexity index is 524. The number of ether oxygens (including phenoxy) is 2. The van der Waals surface area contributed by atoms with Crippen LogP contribution >= 0.6 is 0 Å². The Morgan fingerprint density at radius 2 is 1.92 bits per heavy atom. The molecule has 2 N–H and O–H groups in total. The smallest absolute Gasteiger partial charge is 0.344 e. The molecule has 6 heteroatoms. The van der Waals surface area contributed by atoms with Crippen LogP contribution in [0.5, 0.6) is 5.75 Å². The molecule has 0 bridgehead atoms. The highest BCUT2D eigenvalue weighted by atomic mass is 16.6. The standard InChI is InChI=1S/C18H26N2O4/c1-2-23-17(21)13-24-16-5-3-14(4-6-16)7-12-20-18(22)15-8-10-19-11-9-15/h3-6,15,19H,2,7-13H2,1H3,(H,20,22). The van der Waals surface area contributed by atoms with Gasteiger partial charge in [0.1, 0.15) is 5.75 Å². The molecule has 0 aliphatic carbocycles. The summed E-state index contributed by atoms with van der Waals surface area (Å²) >= 11 is 0. The highest BCUT2D eigenvalue weighted by Crippen LogP contribution is 2.13. The van der Waals surface area contributed by atoms with E-state index in [0.29, 0.717) is 18.9 Å². The monoisotopic (exact) mass is 334 g/mol. The van der Waals surface area contributed by atoms with E-state index in [4.69, 9.17) is 9.47 Å². The molecule has 1 aromatic rings. The van der Waals surface area contributed by atoms with Gasteiger partial charge < -0.3 is 20.1 Å². The summed E-state index contributed by atoms with van der Waals surface area (Å²) in [4.78, 5) is 23.3. The Labute approximate surface area is 142 Å². The molecule has 0 saturated carbocycles. The number of rotatable bonds is 8. The maximum atomic E-state index is 12.0. The highest BCUT2D eigenvalue weighted by molar-refractivity contribution is 5.78. The highest BCUT2D eigenvalue weighted by Gasteiger charge is 2.20. The van der Waals surface area contributed by atoms with Crippen LogP contribution in [-0.4, -0.2) is 44.7 Å². The lowest BCUT2D eigenvalue weighted by atomic mass is 9.97. The second-order valence-corrected chi connectivity index (χ2v) is 5.80. The van der Waals surface area contributed by atoms with Crippen molar-refractivity contribution in [1.82, 2.24) is 10.6 Å². The molecule has 6 nitrogen and oxygen atoms in total. The van der Waals surface area contributed by atoms with Crippen LogP contribution in [0.1, 0.15) is 25.3 Å². The van der Waals surface area contributed by atoms with E-state index in [2.05, 4.69) is 10.6 Å². The predicted octanol–water partition coefficient (Wildman–Crippen LogP) is 1.29. The molecule has 132 valence electrons. The van der Waals surface area contributed by atoms with E-state index in [-0.39, 0.29) is 24.4 Å². The minimum Gasteiger partial charge on any atom is -0.482 e. The van der Waals surface area contributed by atoms with Crippen molar-refractivity contribution < 1.29 is 19.1 Å². The Hall–Kier alpha value is -2.08. The fraction of sp³-hybridized carbons (Fsp3) is 0.556. The van der Waals surface area contributed by atoms with Crippen LogP contribution in [-0.2, 0) is 20.7 Å². The van der Waals surface area contributed by atoms with E-state index in [1.54, 1.807) is 6.92 Å². The largest absolute Gasteiger partial charge is 0.482 e. The summed E-state index contributed by atoms with van der Waals surface area (Å²) < 4.78 is 10.2. The maximum absolute atomic E-state index is 12.0. The van der Waals surface area contributed by atoms with E-state index in [1.807, 2.05) is 24.3 Å². The topological polar surface area (TPSA) is 76.7 Å². The molecule has 0 radical (unpaired) electrons. The van der Waals surface area contributed by atoms with Crippen molar-refractivity contribution in [2.45, 2.75) is 26.2 Å². The van der Waals surface area contributed by atoms with E-state index in [1.165, 1.54) is 0 Å². The first-order chi connectivity index (χ1) is 11.7. The molecule has 1 amide bonds. The number of amides is 1. The number of nitrogens with one attached hydrogen (secondary N) is 2. The van der Waals surface area contributed by atoms with Gasteiger partial charge in [0.15, 0.2) is 6.61 Å². The SMILES string of the molecule is CCOC(=O)COc1ccc(CCNC(=O)C2CCNCC2)cc1. The van der Waals surface area contributed by atoms with Crippen LogP contribution in [0.15, 0.2) is 24.3 Å². The zero-order valence-electron chi connectivity index (χ0n) is 14.2. The summed E-state index contributed by atoms with van der Waals surface area (Å²) in [7, 11) is 0. The van der Waals surface area contributed by atoms with E-state index in [9.17, 15) is 9.59 Å². The summed E-state index contributed by atoms with van der Waals surface area (Å²) in [6, 6.07) is 7.53. The maximum Gasteiger partial charge on any atom is 0.344 e. The molecule has 1 aliphatic heterocycles. The minimum atomic E-state index is -0.373. The van der Waals surface area contributed by atoms with Gasteiger partial charge in [0, 0.05) is 12.5 Å². The van der Waals surface area contributed by atoms with Crippen molar-refractivity contribution in [2.75, 3.05) is 32.8 Å². The molecule has 1 fully saturated rings. The minimum absolute atomic E-state index is 0.0838. The molecule has 0 atom stereocenters. The quantitative estimate of drug-likeness (QED) is 0.701. The molecular weight excluding hydrogens is 308 g/mol. The zero-order chi connectivity index (χ0) is 17.2. The third-order valence-corrected chi connectivity index (χ3v) is 4.01. The van der Waals surface area contributed by atoms with Crippen LogP contribution in [0.4, 0.5) is 0 Å². The lowest BCUT2D eigenvalue weighted by Crippen LogP contribution is -2.38. The number of benzene rings is 1. The van der Waals surface area contributed by atoms with Crippen LogP contribution < -0.4 is 15.4 Å². The lowest BCUT2D eigenvalue weighted by Gasteiger charge is -2.21. The molecule has 1 aliphatic rings. The van der Waals surface area contributed by atoms with Gasteiger partial charge in [-0.3, -0.25) is 4.79 Å². The fourth-order valence-corrected chi connectivity index (χ4v) is 2.66. The molecule has 1 aromatic carbocycles. The lowest BCUT2D eigenvalue weighted by molar-refractivity contribution is -0.145. The Morgan fingerprint density at radius 3 is 2.58 bits per heavy atom. The van der Waals surface area contributed by atoms with Gasteiger partial charge in [0.2, 0.25) is 5.91 Å². The third kappa shape index (κ3) is 6.20. The van der Waals surface area contributed by atoms with Gasteiger partial charge >= 0.3 is 5.97 Å². The average molecular weight is 334 g/mol.